The highest BCUT2D eigenvalue weighted by Gasteiger charge is 2.17. The number of fused-ring (bicyclic) bond motifs is 1. The first-order chi connectivity index (χ1) is 14.6. The van der Waals surface area contributed by atoms with E-state index in [1.165, 1.54) is 42.7 Å². The molecular formula is C24H17FN2O3. The van der Waals surface area contributed by atoms with Gasteiger partial charge in [-0.2, -0.15) is 0 Å². The average Bonchev–Trinajstić information content (AvgIpc) is 3.30. The van der Waals surface area contributed by atoms with E-state index in [-0.39, 0.29) is 11.5 Å². The minimum Gasteiger partial charge on any atom is -0.459 e. The minimum absolute atomic E-state index is 0.00355. The fourth-order valence-electron chi connectivity index (χ4n) is 2.94. The number of nitrogens with one attached hydrogen (secondary N) is 2. The van der Waals surface area contributed by atoms with Crippen LogP contribution >= 0.6 is 0 Å². The van der Waals surface area contributed by atoms with Crippen LogP contribution in [-0.2, 0) is 4.79 Å². The fourth-order valence-corrected chi connectivity index (χ4v) is 2.94. The molecule has 0 saturated carbocycles. The number of hydrogen-bond donors (Lipinski definition) is 2. The molecule has 0 saturated heterocycles. The largest absolute Gasteiger partial charge is 0.459 e. The second-order valence-electron chi connectivity index (χ2n) is 6.56. The molecule has 0 radical (unpaired) electrons. The van der Waals surface area contributed by atoms with Crippen molar-refractivity contribution in [3.8, 4) is 0 Å². The summed E-state index contributed by atoms with van der Waals surface area (Å²) in [6.07, 6.45) is 2.84. The molecule has 148 valence electrons. The third-order valence-corrected chi connectivity index (χ3v) is 4.43. The summed E-state index contributed by atoms with van der Waals surface area (Å²) in [4.78, 5) is 25.3. The number of amides is 2. The highest BCUT2D eigenvalue weighted by atomic mass is 19.1. The molecule has 4 rings (SSSR count). The standard InChI is InChI=1S/C24H17FN2O3/c25-19-10-7-16(8-11-19)14-21(27-24(29)22-6-3-13-30-22)23(28)26-20-12-9-17-4-1-2-5-18(17)15-20/h1-15H,(H,26,28)(H,27,29)/b21-14-. The van der Waals surface area contributed by atoms with E-state index in [0.29, 0.717) is 11.3 Å². The molecule has 0 fully saturated rings. The van der Waals surface area contributed by atoms with Gasteiger partial charge in [0.25, 0.3) is 11.8 Å². The lowest BCUT2D eigenvalue weighted by molar-refractivity contribution is -0.113. The van der Waals surface area contributed by atoms with Crippen molar-refractivity contribution in [1.29, 1.82) is 0 Å². The maximum Gasteiger partial charge on any atom is 0.291 e. The second kappa shape index (κ2) is 8.45. The summed E-state index contributed by atoms with van der Waals surface area (Å²) in [5.74, 6) is -1.41. The zero-order chi connectivity index (χ0) is 20.9. The van der Waals surface area contributed by atoms with Crippen LogP contribution in [0.1, 0.15) is 16.1 Å². The molecule has 2 amide bonds. The monoisotopic (exact) mass is 400 g/mol. The van der Waals surface area contributed by atoms with Crippen molar-refractivity contribution in [3.63, 3.8) is 0 Å². The molecule has 2 N–H and O–H groups in total. The lowest BCUT2D eigenvalue weighted by atomic mass is 10.1. The van der Waals surface area contributed by atoms with Crippen molar-refractivity contribution in [2.75, 3.05) is 5.32 Å². The molecule has 5 nitrogen and oxygen atoms in total. The molecular weight excluding hydrogens is 383 g/mol. The van der Waals surface area contributed by atoms with E-state index in [9.17, 15) is 14.0 Å². The van der Waals surface area contributed by atoms with Crippen molar-refractivity contribution >= 4 is 34.4 Å². The van der Waals surface area contributed by atoms with Crippen LogP contribution in [0, 0.1) is 5.82 Å². The second-order valence-corrected chi connectivity index (χ2v) is 6.56. The van der Waals surface area contributed by atoms with E-state index in [1.807, 2.05) is 36.4 Å². The maximum atomic E-state index is 13.2. The van der Waals surface area contributed by atoms with Crippen LogP contribution in [0.15, 0.2) is 95.2 Å². The summed E-state index contributed by atoms with van der Waals surface area (Å²) < 4.78 is 18.3. The van der Waals surface area contributed by atoms with Crippen LogP contribution in [-0.4, -0.2) is 11.8 Å². The van der Waals surface area contributed by atoms with E-state index >= 15 is 0 Å². The molecule has 3 aromatic carbocycles. The Bertz CT molecular complexity index is 1230. The number of carbonyl (C=O) groups is 2. The lowest BCUT2D eigenvalue weighted by Crippen LogP contribution is -2.30. The number of anilines is 1. The first kappa shape index (κ1) is 19.1. The molecule has 0 spiro atoms. The van der Waals surface area contributed by atoms with Crippen molar-refractivity contribution in [3.05, 3.63) is 108 Å². The third kappa shape index (κ3) is 4.44. The zero-order valence-electron chi connectivity index (χ0n) is 15.8. The molecule has 0 unspecified atom stereocenters. The zero-order valence-corrected chi connectivity index (χ0v) is 15.8. The number of benzene rings is 3. The van der Waals surface area contributed by atoms with E-state index < -0.39 is 17.6 Å². The van der Waals surface area contributed by atoms with Crippen molar-refractivity contribution in [2.45, 2.75) is 0 Å². The van der Waals surface area contributed by atoms with E-state index in [1.54, 1.807) is 12.1 Å². The van der Waals surface area contributed by atoms with E-state index in [0.717, 1.165) is 10.8 Å². The van der Waals surface area contributed by atoms with Crippen LogP contribution in [0.25, 0.3) is 16.8 Å². The normalized spacial score (nSPS) is 11.3. The molecule has 0 aliphatic heterocycles. The van der Waals surface area contributed by atoms with Gasteiger partial charge in [0.1, 0.15) is 11.5 Å². The summed E-state index contributed by atoms with van der Waals surface area (Å²) in [6.45, 7) is 0. The van der Waals surface area contributed by atoms with Gasteiger partial charge in [-0.1, -0.05) is 42.5 Å². The quantitative estimate of drug-likeness (QED) is 0.464. The van der Waals surface area contributed by atoms with E-state index in [4.69, 9.17) is 4.42 Å². The van der Waals surface area contributed by atoms with Crippen molar-refractivity contribution < 1.29 is 18.4 Å². The molecule has 1 aromatic heterocycles. The predicted molar refractivity (Wildman–Crippen MR) is 113 cm³/mol. The molecule has 0 aliphatic carbocycles. The molecule has 1 heterocycles. The summed E-state index contributed by atoms with van der Waals surface area (Å²) in [6, 6.07) is 21.9. The Hall–Kier alpha value is -4.19. The van der Waals surface area contributed by atoms with E-state index in [2.05, 4.69) is 10.6 Å². The van der Waals surface area contributed by atoms with Crippen LogP contribution in [0.2, 0.25) is 0 Å². The Labute approximate surface area is 171 Å². The number of hydrogen-bond acceptors (Lipinski definition) is 3. The predicted octanol–water partition coefficient (Wildman–Crippen LogP) is 4.98. The first-order valence-electron chi connectivity index (χ1n) is 9.21. The lowest BCUT2D eigenvalue weighted by Gasteiger charge is -2.11. The van der Waals surface area contributed by atoms with Gasteiger partial charge < -0.3 is 15.1 Å². The van der Waals surface area contributed by atoms with Gasteiger partial charge in [0, 0.05) is 5.69 Å². The molecule has 6 heteroatoms. The third-order valence-electron chi connectivity index (χ3n) is 4.43. The Kier molecular flexibility index (Phi) is 5.39. The average molecular weight is 400 g/mol. The van der Waals surface area contributed by atoms with Gasteiger partial charge in [-0.25, -0.2) is 4.39 Å². The van der Waals surface area contributed by atoms with Crippen molar-refractivity contribution in [1.82, 2.24) is 5.32 Å². The number of halogens is 1. The molecule has 0 aliphatic rings. The Morgan fingerprint density at radius 2 is 1.63 bits per heavy atom. The maximum absolute atomic E-state index is 13.2. The number of furan rings is 1. The van der Waals surface area contributed by atoms with Gasteiger partial charge in [-0.05, 0) is 58.8 Å². The number of carbonyl (C=O) groups excluding carboxylic acids is 2. The van der Waals surface area contributed by atoms with Gasteiger partial charge in [0.05, 0.1) is 6.26 Å². The Morgan fingerprint density at radius 3 is 2.37 bits per heavy atom. The summed E-state index contributed by atoms with van der Waals surface area (Å²) in [5, 5.41) is 7.37. The van der Waals surface area contributed by atoms with Gasteiger partial charge in [0.15, 0.2) is 5.76 Å². The van der Waals surface area contributed by atoms with Crippen LogP contribution < -0.4 is 10.6 Å². The summed E-state index contributed by atoms with van der Waals surface area (Å²) in [5.41, 5.74) is 1.13. The molecule has 30 heavy (non-hydrogen) atoms. The molecule has 0 bridgehead atoms. The van der Waals surface area contributed by atoms with Crippen LogP contribution in [0.4, 0.5) is 10.1 Å². The summed E-state index contributed by atoms with van der Waals surface area (Å²) >= 11 is 0. The van der Waals surface area contributed by atoms with Gasteiger partial charge in [-0.15, -0.1) is 0 Å². The highest BCUT2D eigenvalue weighted by Crippen LogP contribution is 2.19. The summed E-state index contributed by atoms with van der Waals surface area (Å²) in [7, 11) is 0. The Balaban J connectivity index is 1.62. The smallest absolute Gasteiger partial charge is 0.291 e. The van der Waals surface area contributed by atoms with Gasteiger partial charge in [0.2, 0.25) is 0 Å². The number of rotatable bonds is 5. The molecule has 0 atom stereocenters. The Morgan fingerprint density at radius 1 is 0.867 bits per heavy atom. The van der Waals surface area contributed by atoms with Gasteiger partial charge >= 0.3 is 0 Å². The topological polar surface area (TPSA) is 71.3 Å². The van der Waals surface area contributed by atoms with Gasteiger partial charge in [-0.3, -0.25) is 9.59 Å². The van der Waals surface area contributed by atoms with Crippen LogP contribution in [0.5, 0.6) is 0 Å². The van der Waals surface area contributed by atoms with Crippen LogP contribution in [0.3, 0.4) is 0 Å². The minimum atomic E-state index is -0.568. The SMILES string of the molecule is O=C(Nc1ccc2ccccc2c1)/C(=C/c1ccc(F)cc1)NC(=O)c1ccco1. The first-order valence-corrected chi connectivity index (χ1v) is 9.21. The van der Waals surface area contributed by atoms with Crippen molar-refractivity contribution in [2.24, 2.45) is 0 Å². The highest BCUT2D eigenvalue weighted by molar-refractivity contribution is 6.10. The molecule has 4 aromatic rings. The fraction of sp³-hybridized carbons (Fsp3) is 0.